The molecule has 0 radical (unpaired) electrons. The van der Waals surface area contributed by atoms with Crippen molar-refractivity contribution >= 4 is 45.6 Å². The lowest BCUT2D eigenvalue weighted by molar-refractivity contribution is -0.114. The summed E-state index contributed by atoms with van der Waals surface area (Å²) in [6.07, 6.45) is 4.09. The van der Waals surface area contributed by atoms with Crippen molar-refractivity contribution in [3.05, 3.63) is 40.3 Å². The van der Waals surface area contributed by atoms with E-state index in [9.17, 15) is 14.9 Å². The molecule has 0 saturated heterocycles. The average molecular weight is 453 g/mol. The van der Waals surface area contributed by atoms with Crippen LogP contribution in [0, 0.1) is 11.3 Å². The van der Waals surface area contributed by atoms with E-state index >= 15 is 0 Å². The summed E-state index contributed by atoms with van der Waals surface area (Å²) in [5.74, 6) is 0.339. The van der Waals surface area contributed by atoms with Crippen molar-refractivity contribution in [2.45, 2.75) is 37.8 Å². The monoisotopic (exact) mass is 452 g/mol. The molecule has 2 amide bonds. The van der Waals surface area contributed by atoms with Crippen LogP contribution in [0.15, 0.2) is 29.4 Å². The first kappa shape index (κ1) is 21.1. The van der Waals surface area contributed by atoms with Crippen LogP contribution >= 0.6 is 23.1 Å². The second-order valence-electron chi connectivity index (χ2n) is 7.09. The number of aromatic nitrogens is 3. The lowest BCUT2D eigenvalue weighted by atomic mass is 9.96. The van der Waals surface area contributed by atoms with Crippen molar-refractivity contribution in [3.63, 3.8) is 0 Å². The number of fused-ring (bicyclic) bond motifs is 1. The molecule has 3 N–H and O–H groups in total. The van der Waals surface area contributed by atoms with Crippen LogP contribution in [-0.2, 0) is 22.4 Å². The van der Waals surface area contributed by atoms with Crippen LogP contribution in [0.1, 0.15) is 35.8 Å². The van der Waals surface area contributed by atoms with E-state index in [1.165, 1.54) is 34.9 Å². The number of aromatic amines is 1. The number of carbonyl (C=O) groups excluding carboxylic acids is 2. The smallest absolute Gasteiger partial charge is 0.235 e. The number of thioether (sulfide) groups is 1. The standard InChI is InChI=1S/C21H20N6O2S2/c1-12(28)23-14-6-4-5-13(9-14)19-25-21(27-26-19)30-11-18(29)24-20-16(10-22)15-7-2-3-8-17(15)31-20/h4-6,9H,2-3,7-8,11H2,1H3,(H,23,28)(H,24,29)(H,25,26,27). The lowest BCUT2D eigenvalue weighted by Gasteiger charge is -2.09. The molecule has 31 heavy (non-hydrogen) atoms. The molecule has 0 atom stereocenters. The molecular weight excluding hydrogens is 432 g/mol. The summed E-state index contributed by atoms with van der Waals surface area (Å²) in [6, 6.07) is 9.51. The molecule has 3 aromatic rings. The molecule has 2 aromatic heterocycles. The fraction of sp³-hybridized carbons (Fsp3) is 0.286. The predicted molar refractivity (Wildman–Crippen MR) is 121 cm³/mol. The van der Waals surface area contributed by atoms with Gasteiger partial charge >= 0.3 is 0 Å². The Hall–Kier alpha value is -3.16. The zero-order chi connectivity index (χ0) is 21.8. The molecule has 0 saturated carbocycles. The number of aryl methyl sites for hydroxylation is 1. The summed E-state index contributed by atoms with van der Waals surface area (Å²) in [7, 11) is 0. The molecule has 0 spiro atoms. The molecule has 1 aromatic carbocycles. The molecule has 8 nitrogen and oxygen atoms in total. The summed E-state index contributed by atoms with van der Waals surface area (Å²) >= 11 is 2.73. The Labute approximate surface area is 187 Å². The number of hydrogen-bond acceptors (Lipinski definition) is 7. The number of H-pyrrole nitrogens is 1. The second-order valence-corrected chi connectivity index (χ2v) is 9.14. The molecule has 1 aliphatic rings. The Morgan fingerprint density at radius 1 is 1.29 bits per heavy atom. The van der Waals surface area contributed by atoms with E-state index in [0.29, 0.717) is 27.2 Å². The Balaban J connectivity index is 1.38. The highest BCUT2D eigenvalue weighted by molar-refractivity contribution is 7.99. The third-order valence-corrected chi connectivity index (χ3v) is 6.84. The van der Waals surface area contributed by atoms with Gasteiger partial charge in [0.15, 0.2) is 5.82 Å². The van der Waals surface area contributed by atoms with Gasteiger partial charge in [0.1, 0.15) is 11.1 Å². The van der Waals surface area contributed by atoms with Crippen molar-refractivity contribution in [2.24, 2.45) is 0 Å². The molecule has 4 rings (SSSR count). The number of nitrogens with zero attached hydrogens (tertiary/aromatic N) is 3. The molecule has 1 aliphatic carbocycles. The Morgan fingerprint density at radius 2 is 2.13 bits per heavy atom. The largest absolute Gasteiger partial charge is 0.326 e. The van der Waals surface area contributed by atoms with Gasteiger partial charge in [-0.05, 0) is 43.4 Å². The second kappa shape index (κ2) is 9.32. The van der Waals surface area contributed by atoms with Crippen molar-refractivity contribution in [2.75, 3.05) is 16.4 Å². The molecule has 0 unspecified atom stereocenters. The van der Waals surface area contributed by atoms with Gasteiger partial charge in [-0.25, -0.2) is 4.98 Å². The normalized spacial score (nSPS) is 12.6. The highest BCUT2D eigenvalue weighted by atomic mass is 32.2. The van der Waals surface area contributed by atoms with Gasteiger partial charge in [0, 0.05) is 23.1 Å². The number of nitriles is 1. The van der Waals surface area contributed by atoms with Crippen LogP contribution in [0.3, 0.4) is 0 Å². The topological polar surface area (TPSA) is 124 Å². The van der Waals surface area contributed by atoms with Crippen LogP contribution in [0.2, 0.25) is 0 Å². The van der Waals surface area contributed by atoms with Gasteiger partial charge in [-0.1, -0.05) is 23.9 Å². The fourth-order valence-electron chi connectivity index (χ4n) is 3.45. The molecule has 0 bridgehead atoms. The molecule has 2 heterocycles. The number of amides is 2. The van der Waals surface area contributed by atoms with Gasteiger partial charge < -0.3 is 10.6 Å². The van der Waals surface area contributed by atoms with Crippen molar-refractivity contribution in [1.29, 1.82) is 5.26 Å². The number of rotatable bonds is 6. The summed E-state index contributed by atoms with van der Waals surface area (Å²) < 4.78 is 0. The number of anilines is 2. The van der Waals surface area contributed by atoms with E-state index in [4.69, 9.17) is 0 Å². The first-order valence-corrected chi connectivity index (χ1v) is 11.6. The van der Waals surface area contributed by atoms with Crippen LogP contribution in [0.5, 0.6) is 0 Å². The van der Waals surface area contributed by atoms with Crippen LogP contribution in [0.4, 0.5) is 10.7 Å². The first-order chi connectivity index (χ1) is 15.0. The maximum atomic E-state index is 12.5. The maximum Gasteiger partial charge on any atom is 0.235 e. The highest BCUT2D eigenvalue weighted by Crippen LogP contribution is 2.37. The van der Waals surface area contributed by atoms with Crippen LogP contribution < -0.4 is 10.6 Å². The molecule has 0 aliphatic heterocycles. The summed E-state index contributed by atoms with van der Waals surface area (Å²) in [4.78, 5) is 29.3. The average Bonchev–Trinajstić information content (AvgIpc) is 3.36. The van der Waals surface area contributed by atoms with Gasteiger partial charge in [-0.3, -0.25) is 14.7 Å². The molecule has 10 heteroatoms. The first-order valence-electron chi connectivity index (χ1n) is 9.81. The van der Waals surface area contributed by atoms with Crippen LogP contribution in [0.25, 0.3) is 11.4 Å². The van der Waals surface area contributed by atoms with E-state index in [2.05, 4.69) is 31.9 Å². The SMILES string of the molecule is CC(=O)Nc1cccc(-c2nc(SCC(=O)Nc3sc4c(c3C#N)CCCC4)n[nH]2)c1. The quantitative estimate of drug-likeness (QED) is 0.486. The van der Waals surface area contributed by atoms with Gasteiger partial charge in [0.25, 0.3) is 0 Å². The highest BCUT2D eigenvalue weighted by Gasteiger charge is 2.22. The van der Waals surface area contributed by atoms with Gasteiger partial charge in [-0.2, -0.15) is 5.26 Å². The number of nitrogens with one attached hydrogen (secondary N) is 3. The molecule has 0 fully saturated rings. The predicted octanol–water partition coefficient (Wildman–Crippen LogP) is 3.97. The van der Waals surface area contributed by atoms with E-state index in [0.717, 1.165) is 36.8 Å². The minimum absolute atomic E-state index is 0.136. The van der Waals surface area contributed by atoms with E-state index in [-0.39, 0.29) is 17.6 Å². The maximum absolute atomic E-state index is 12.5. The zero-order valence-electron chi connectivity index (χ0n) is 16.8. The summed E-state index contributed by atoms with van der Waals surface area (Å²) in [6.45, 7) is 1.45. The third kappa shape index (κ3) is 4.95. The van der Waals surface area contributed by atoms with E-state index in [1.807, 2.05) is 12.1 Å². The van der Waals surface area contributed by atoms with Crippen molar-refractivity contribution < 1.29 is 9.59 Å². The Bertz CT molecular complexity index is 1180. The summed E-state index contributed by atoms with van der Waals surface area (Å²) in [5, 5.41) is 23.2. The molecule has 158 valence electrons. The summed E-state index contributed by atoms with van der Waals surface area (Å²) in [5.41, 5.74) is 3.15. The number of hydrogen-bond donors (Lipinski definition) is 3. The Kier molecular flexibility index (Phi) is 6.34. The molecular formula is C21H20N6O2S2. The lowest BCUT2D eigenvalue weighted by Crippen LogP contribution is -2.14. The zero-order valence-corrected chi connectivity index (χ0v) is 18.5. The fourth-order valence-corrected chi connectivity index (χ4v) is 5.31. The van der Waals surface area contributed by atoms with E-state index < -0.39 is 0 Å². The Morgan fingerprint density at radius 3 is 2.94 bits per heavy atom. The van der Waals surface area contributed by atoms with Crippen molar-refractivity contribution in [3.8, 4) is 17.5 Å². The third-order valence-electron chi connectivity index (χ3n) is 4.79. The van der Waals surface area contributed by atoms with Gasteiger partial charge in [0.05, 0.1) is 11.3 Å². The number of carbonyl (C=O) groups is 2. The minimum Gasteiger partial charge on any atom is -0.326 e. The van der Waals surface area contributed by atoms with E-state index in [1.54, 1.807) is 12.1 Å². The van der Waals surface area contributed by atoms with Crippen molar-refractivity contribution in [1.82, 2.24) is 15.2 Å². The number of thiophene rings is 1. The number of benzene rings is 1. The minimum atomic E-state index is -0.195. The van der Waals surface area contributed by atoms with Crippen LogP contribution in [-0.4, -0.2) is 32.7 Å². The van der Waals surface area contributed by atoms with Gasteiger partial charge in [-0.15, -0.1) is 16.4 Å². The van der Waals surface area contributed by atoms with Gasteiger partial charge in [0.2, 0.25) is 17.0 Å².